The summed E-state index contributed by atoms with van der Waals surface area (Å²) < 4.78 is 97.1. The fourth-order valence-electron chi connectivity index (χ4n) is 4.65. The lowest BCUT2D eigenvalue weighted by Gasteiger charge is -2.12. The number of nitrogens with zero attached hydrogens (tertiary/aromatic N) is 5. The molecule has 43 heavy (non-hydrogen) atoms. The van der Waals surface area contributed by atoms with Gasteiger partial charge in [0.25, 0.3) is 18.2 Å². The number of imidazole rings is 1. The van der Waals surface area contributed by atoms with Gasteiger partial charge in [-0.3, -0.25) is 14.2 Å². The Balaban J connectivity index is 1.95. The molecule has 0 spiro atoms. The van der Waals surface area contributed by atoms with Crippen molar-refractivity contribution in [1.29, 1.82) is 5.26 Å². The van der Waals surface area contributed by atoms with Crippen LogP contribution in [0.1, 0.15) is 27.0 Å². The third-order valence-electron chi connectivity index (χ3n) is 6.37. The van der Waals surface area contributed by atoms with Gasteiger partial charge in [0.15, 0.2) is 0 Å². The Bertz CT molecular complexity index is 2060. The molecule has 2 aromatic rings. The van der Waals surface area contributed by atoms with Crippen molar-refractivity contribution in [1.82, 2.24) is 9.13 Å². The van der Waals surface area contributed by atoms with Crippen molar-refractivity contribution in [3.05, 3.63) is 97.6 Å². The summed E-state index contributed by atoms with van der Waals surface area (Å²) in [7, 11) is 0. The van der Waals surface area contributed by atoms with E-state index in [1.807, 2.05) is 0 Å². The second-order valence-electron chi connectivity index (χ2n) is 9.13. The van der Waals surface area contributed by atoms with Gasteiger partial charge in [-0.1, -0.05) is 11.6 Å². The lowest BCUT2D eigenvalue weighted by Crippen LogP contribution is -2.34. The van der Waals surface area contributed by atoms with E-state index < -0.39 is 87.7 Å². The average Bonchev–Trinajstić information content (AvgIpc) is 3.43. The molecular weight excluding hydrogens is 611 g/mol. The molecule has 16 heteroatoms. The third kappa shape index (κ3) is 5.37. The van der Waals surface area contributed by atoms with Gasteiger partial charge in [0, 0.05) is 11.1 Å². The largest absolute Gasteiger partial charge is 0.507 e. The Morgan fingerprint density at radius 3 is 2.51 bits per heavy atom. The summed E-state index contributed by atoms with van der Waals surface area (Å²) in [6, 6.07) is 6.41. The third-order valence-corrected chi connectivity index (χ3v) is 6.70. The molecular formula is C27H13ClF7N5O3. The Kier molecular flexibility index (Phi) is 7.34. The van der Waals surface area contributed by atoms with Crippen LogP contribution in [0.3, 0.4) is 0 Å². The molecule has 8 nitrogen and oxygen atoms in total. The number of aliphatic hydroxyl groups excluding tert-OH is 1. The van der Waals surface area contributed by atoms with Gasteiger partial charge in [-0.05, 0) is 42.5 Å². The van der Waals surface area contributed by atoms with E-state index >= 15 is 0 Å². The molecule has 0 radical (unpaired) electrons. The zero-order valence-corrected chi connectivity index (χ0v) is 21.8. The average molecular weight is 624 g/mol. The first-order chi connectivity index (χ1) is 20.2. The van der Waals surface area contributed by atoms with Gasteiger partial charge in [0.05, 0.1) is 44.7 Å². The maximum atomic E-state index is 14.1. The van der Waals surface area contributed by atoms with E-state index in [-0.39, 0.29) is 28.1 Å². The summed E-state index contributed by atoms with van der Waals surface area (Å²) in [5.74, 6) is -5.46. The number of aliphatic hydroxyl groups is 1. The zero-order valence-electron chi connectivity index (χ0n) is 21.1. The monoisotopic (exact) mass is 623 g/mol. The standard InChI is InChI=1S/C27H13ClF7N5O3/c28-17-2-1-13(29)6-15(17)24(42)22-16(8-36)23-19(39(9-20(31)32)26-38-21(41)10-40(23)26)7-18(22)37-25(43)11-3-12(27(33,34)35)5-14(30)4-11/h1-7,20,42H,9-10H2/b24-22-,37-18?. The predicted octanol–water partition coefficient (Wildman–Crippen LogP) is 4.10. The van der Waals surface area contributed by atoms with Crippen LogP contribution in [0.15, 0.2) is 52.4 Å². The second-order valence-corrected chi connectivity index (χ2v) is 9.54. The van der Waals surface area contributed by atoms with Crippen molar-refractivity contribution < 1.29 is 45.4 Å². The molecule has 1 N–H and O–H groups in total. The Hall–Kier alpha value is -4.97. The first kappa shape index (κ1) is 29.5. The summed E-state index contributed by atoms with van der Waals surface area (Å²) in [4.78, 5) is 32.6. The molecule has 2 heterocycles. The highest BCUT2D eigenvalue weighted by atomic mass is 35.5. The molecule has 0 saturated heterocycles. The van der Waals surface area contributed by atoms with Crippen LogP contribution in [-0.4, -0.2) is 32.5 Å². The van der Waals surface area contributed by atoms with Crippen molar-refractivity contribution >= 4 is 29.2 Å². The minimum atomic E-state index is -5.04. The minimum Gasteiger partial charge on any atom is -0.507 e. The van der Waals surface area contributed by atoms with Crippen LogP contribution >= 0.6 is 11.6 Å². The van der Waals surface area contributed by atoms with Gasteiger partial charge in [0.2, 0.25) is 5.62 Å². The van der Waals surface area contributed by atoms with Crippen molar-refractivity contribution in [3.8, 4) is 17.5 Å². The number of carbonyl (C=O) groups is 2. The van der Waals surface area contributed by atoms with Crippen molar-refractivity contribution in [3.63, 3.8) is 0 Å². The molecule has 1 aliphatic carbocycles. The summed E-state index contributed by atoms with van der Waals surface area (Å²) >= 11 is 6.13. The molecule has 5 rings (SSSR count). The molecule has 2 amide bonds. The highest BCUT2D eigenvalue weighted by Crippen LogP contribution is 2.31. The maximum absolute atomic E-state index is 14.1. The summed E-state index contributed by atoms with van der Waals surface area (Å²) in [5.41, 5.74) is -4.04. The number of fused-ring (bicyclic) bond motifs is 3. The van der Waals surface area contributed by atoms with E-state index in [2.05, 4.69) is 9.98 Å². The van der Waals surface area contributed by atoms with Crippen LogP contribution in [0.2, 0.25) is 5.02 Å². The van der Waals surface area contributed by atoms with Crippen molar-refractivity contribution in [2.75, 3.05) is 0 Å². The van der Waals surface area contributed by atoms with Gasteiger partial charge in [-0.25, -0.2) is 22.6 Å². The molecule has 0 saturated carbocycles. The highest BCUT2D eigenvalue weighted by molar-refractivity contribution is 6.32. The summed E-state index contributed by atoms with van der Waals surface area (Å²) in [6.45, 7) is -1.53. The molecule has 0 atom stereocenters. The van der Waals surface area contributed by atoms with Gasteiger partial charge in [0.1, 0.15) is 30.0 Å². The van der Waals surface area contributed by atoms with Crippen LogP contribution in [0, 0.1) is 23.0 Å². The topological polar surface area (TPSA) is 113 Å². The number of carbonyl (C=O) groups excluding carboxylic acids is 2. The van der Waals surface area contributed by atoms with Crippen LogP contribution in [0.5, 0.6) is 0 Å². The molecule has 0 bridgehead atoms. The number of hydrogen-bond acceptors (Lipinski definition) is 4. The van der Waals surface area contributed by atoms with E-state index in [9.17, 15) is 50.7 Å². The molecule has 0 unspecified atom stereocenters. The number of benzene rings is 3. The second kappa shape index (κ2) is 10.7. The number of halogens is 8. The van der Waals surface area contributed by atoms with Crippen molar-refractivity contribution in [2.45, 2.75) is 25.7 Å². The van der Waals surface area contributed by atoms with Crippen LogP contribution in [0.4, 0.5) is 30.7 Å². The predicted molar refractivity (Wildman–Crippen MR) is 133 cm³/mol. The van der Waals surface area contributed by atoms with Crippen LogP contribution in [-0.2, 0) is 24.1 Å². The van der Waals surface area contributed by atoms with Gasteiger partial charge < -0.3 is 9.67 Å². The number of amides is 2. The SMILES string of the molecule is N#Cc1c2n3c(n(CC(F)F)c-2cc(=NC(=O)c2cc(F)cc(C(F)(F)F)c2)/c1=C(\O)c1cc(F)ccc1Cl)=NC(=O)C3. The Morgan fingerprint density at radius 1 is 1.14 bits per heavy atom. The first-order valence-electron chi connectivity index (χ1n) is 11.9. The smallest absolute Gasteiger partial charge is 0.416 e. The number of alkyl halides is 5. The zero-order chi connectivity index (χ0) is 31.4. The molecule has 2 aliphatic heterocycles. The van der Waals surface area contributed by atoms with Gasteiger partial charge in [-0.15, -0.1) is 0 Å². The molecule has 3 aliphatic rings. The normalized spacial score (nSPS) is 14.2. The van der Waals surface area contributed by atoms with E-state index in [0.717, 1.165) is 33.4 Å². The maximum Gasteiger partial charge on any atom is 0.416 e. The Morgan fingerprint density at radius 2 is 1.86 bits per heavy atom. The van der Waals surface area contributed by atoms with E-state index in [1.165, 1.54) is 0 Å². The molecule has 0 aromatic heterocycles. The van der Waals surface area contributed by atoms with Crippen LogP contribution < -0.4 is 16.2 Å². The summed E-state index contributed by atoms with van der Waals surface area (Å²) in [6.07, 6.45) is -8.04. The fourth-order valence-corrected chi connectivity index (χ4v) is 4.86. The number of rotatable bonds is 4. The van der Waals surface area contributed by atoms with E-state index in [1.54, 1.807) is 6.07 Å². The minimum absolute atomic E-state index is 0.147. The van der Waals surface area contributed by atoms with Gasteiger partial charge >= 0.3 is 6.18 Å². The van der Waals surface area contributed by atoms with E-state index in [4.69, 9.17) is 11.6 Å². The van der Waals surface area contributed by atoms with Crippen LogP contribution in [0.25, 0.3) is 17.1 Å². The Labute approximate surface area is 239 Å². The first-order valence-corrected chi connectivity index (χ1v) is 12.3. The number of aromatic nitrogens is 2. The fraction of sp³-hybridized carbons (Fsp3) is 0.148. The number of hydrogen-bond donors (Lipinski definition) is 1. The lowest BCUT2D eigenvalue weighted by atomic mass is 10.0. The molecule has 2 aromatic carbocycles. The quantitative estimate of drug-likeness (QED) is 0.345. The van der Waals surface area contributed by atoms with E-state index in [0.29, 0.717) is 12.1 Å². The molecule has 220 valence electrons. The molecule has 0 fully saturated rings. The van der Waals surface area contributed by atoms with Gasteiger partial charge in [-0.2, -0.15) is 23.4 Å². The van der Waals surface area contributed by atoms with Crippen molar-refractivity contribution in [2.24, 2.45) is 9.98 Å². The lowest BCUT2D eigenvalue weighted by molar-refractivity contribution is -0.137. The summed E-state index contributed by atoms with van der Waals surface area (Å²) in [5, 5.41) is 20.0. The number of nitriles is 1. The highest BCUT2D eigenvalue weighted by Gasteiger charge is 2.33.